The highest BCUT2D eigenvalue weighted by Gasteiger charge is 2.42. The molecule has 1 aliphatic rings. The van der Waals surface area contributed by atoms with E-state index in [0.29, 0.717) is 6.42 Å². The Bertz CT molecular complexity index is 835. The molecule has 5 nitrogen and oxygen atoms in total. The van der Waals surface area contributed by atoms with Gasteiger partial charge in [0.2, 0.25) is 5.91 Å². The highest BCUT2D eigenvalue weighted by Crippen LogP contribution is 2.32. The molecule has 3 rings (SSSR count). The lowest BCUT2D eigenvalue weighted by Crippen LogP contribution is -2.45. The minimum absolute atomic E-state index is 0.219. The molecule has 1 heterocycles. The average molecular weight is 412 g/mol. The van der Waals surface area contributed by atoms with Gasteiger partial charge in [-0.2, -0.15) is 0 Å². The molecule has 0 unspecified atom stereocenters. The number of carbonyl (C=O) groups excluding carboxylic acids is 2. The predicted octanol–water partition coefficient (Wildman–Crippen LogP) is 4.81. The second-order valence-electron chi connectivity index (χ2n) is 8.48. The number of carbonyl (C=O) groups is 2. The van der Waals surface area contributed by atoms with Crippen LogP contribution in [0.25, 0.3) is 0 Å². The van der Waals surface area contributed by atoms with Crippen LogP contribution in [0.4, 0.5) is 4.79 Å². The molecule has 0 saturated carbocycles. The van der Waals surface area contributed by atoms with Crippen molar-refractivity contribution in [2.24, 2.45) is 5.92 Å². The lowest BCUT2D eigenvalue weighted by Gasteiger charge is -2.32. The third-order valence-corrected chi connectivity index (χ3v) is 5.93. The molecular formula is C23H29NO4Si. The molecule has 154 valence electrons. The first-order chi connectivity index (χ1) is 13.8. The zero-order valence-corrected chi connectivity index (χ0v) is 18.5. The summed E-state index contributed by atoms with van der Waals surface area (Å²) in [5.41, 5.74) is 2.02. The monoisotopic (exact) mass is 411 g/mol. The molecule has 1 saturated heterocycles. The normalized spacial score (nSPS) is 19.0. The van der Waals surface area contributed by atoms with Crippen LogP contribution in [0.2, 0.25) is 19.6 Å². The number of cyclic esters (lactones) is 1. The van der Waals surface area contributed by atoms with E-state index in [-0.39, 0.29) is 18.6 Å². The standard InChI is InChI=1S/C23H29NO4Si/c1-17(21(28-29(2,3)4)19-13-9-6-10-14-19)22(25)24-20(16-27-23(24)26)15-18-11-7-5-8-12-18/h5-14,17,20-21H,15-16H2,1-4H3/t17-,20-,21-/m0/s1. The molecule has 0 aromatic heterocycles. The van der Waals surface area contributed by atoms with Crippen LogP contribution in [0.15, 0.2) is 60.7 Å². The molecule has 1 fully saturated rings. The van der Waals surface area contributed by atoms with Gasteiger partial charge in [0.1, 0.15) is 6.61 Å². The number of hydrogen-bond donors (Lipinski definition) is 0. The summed E-state index contributed by atoms with van der Waals surface area (Å²) in [7, 11) is -1.93. The van der Waals surface area contributed by atoms with Crippen molar-refractivity contribution < 1.29 is 18.8 Å². The fraction of sp³-hybridized carbons (Fsp3) is 0.391. The molecular weight excluding hydrogens is 382 g/mol. The first-order valence-electron chi connectivity index (χ1n) is 10.0. The van der Waals surface area contributed by atoms with Crippen LogP contribution >= 0.6 is 0 Å². The van der Waals surface area contributed by atoms with E-state index in [4.69, 9.17) is 9.16 Å². The van der Waals surface area contributed by atoms with Crippen molar-refractivity contribution in [3.8, 4) is 0 Å². The van der Waals surface area contributed by atoms with Crippen LogP contribution in [0.5, 0.6) is 0 Å². The van der Waals surface area contributed by atoms with Crippen molar-refractivity contribution in [3.05, 3.63) is 71.8 Å². The summed E-state index contributed by atoms with van der Waals surface area (Å²) >= 11 is 0. The number of amides is 2. The largest absolute Gasteiger partial charge is 0.447 e. The maximum atomic E-state index is 13.4. The third kappa shape index (κ3) is 5.34. The summed E-state index contributed by atoms with van der Waals surface area (Å²) in [6.07, 6.45) is -0.389. The molecule has 0 bridgehead atoms. The van der Waals surface area contributed by atoms with Gasteiger partial charge in [0.05, 0.1) is 18.1 Å². The zero-order chi connectivity index (χ0) is 21.0. The van der Waals surface area contributed by atoms with E-state index in [1.165, 1.54) is 4.90 Å². The maximum absolute atomic E-state index is 13.4. The van der Waals surface area contributed by atoms with Crippen molar-refractivity contribution in [1.82, 2.24) is 4.90 Å². The fourth-order valence-corrected chi connectivity index (χ4v) is 4.70. The Morgan fingerprint density at radius 2 is 1.69 bits per heavy atom. The topological polar surface area (TPSA) is 55.8 Å². The molecule has 0 spiro atoms. The summed E-state index contributed by atoms with van der Waals surface area (Å²) in [4.78, 5) is 27.1. The molecule has 2 amide bonds. The smallest absolute Gasteiger partial charge is 0.416 e. The molecule has 1 aliphatic heterocycles. The van der Waals surface area contributed by atoms with Gasteiger partial charge in [-0.15, -0.1) is 0 Å². The Kier molecular flexibility index (Phi) is 6.55. The van der Waals surface area contributed by atoms with E-state index in [9.17, 15) is 9.59 Å². The lowest BCUT2D eigenvalue weighted by molar-refractivity contribution is -0.136. The van der Waals surface area contributed by atoms with Gasteiger partial charge in [-0.25, -0.2) is 9.69 Å². The maximum Gasteiger partial charge on any atom is 0.416 e. The second kappa shape index (κ2) is 8.92. The SMILES string of the molecule is C[C@H](C(=O)N1C(=O)OC[C@@H]1Cc1ccccc1)[C@H](O[Si](C)(C)C)c1ccccc1. The van der Waals surface area contributed by atoms with E-state index in [2.05, 4.69) is 19.6 Å². The molecule has 0 N–H and O–H groups in total. The average Bonchev–Trinajstić information content (AvgIpc) is 3.06. The van der Waals surface area contributed by atoms with Gasteiger partial charge in [0.25, 0.3) is 0 Å². The highest BCUT2D eigenvalue weighted by atomic mass is 28.4. The van der Waals surface area contributed by atoms with Crippen LogP contribution < -0.4 is 0 Å². The Morgan fingerprint density at radius 1 is 1.10 bits per heavy atom. The van der Waals surface area contributed by atoms with Crippen LogP contribution in [-0.2, 0) is 20.4 Å². The lowest BCUT2D eigenvalue weighted by atomic mass is 9.95. The van der Waals surface area contributed by atoms with Crippen LogP contribution in [0.1, 0.15) is 24.2 Å². The Balaban J connectivity index is 1.83. The number of ether oxygens (including phenoxy) is 1. The van der Waals surface area contributed by atoms with Crippen molar-refractivity contribution in [2.45, 2.75) is 45.1 Å². The minimum Gasteiger partial charge on any atom is -0.447 e. The zero-order valence-electron chi connectivity index (χ0n) is 17.5. The molecule has 2 aromatic carbocycles. The Labute approximate surface area is 173 Å². The molecule has 2 aromatic rings. The van der Waals surface area contributed by atoms with Crippen molar-refractivity contribution in [3.63, 3.8) is 0 Å². The van der Waals surface area contributed by atoms with Gasteiger partial charge in [-0.3, -0.25) is 4.79 Å². The summed E-state index contributed by atoms with van der Waals surface area (Å²) in [5.74, 6) is -0.756. The van der Waals surface area contributed by atoms with Gasteiger partial charge in [0.15, 0.2) is 8.32 Å². The number of hydrogen-bond acceptors (Lipinski definition) is 4. The minimum atomic E-state index is -1.93. The first-order valence-corrected chi connectivity index (χ1v) is 13.4. The Hall–Kier alpha value is -2.44. The number of nitrogens with zero attached hydrogens (tertiary/aromatic N) is 1. The van der Waals surface area contributed by atoms with Crippen molar-refractivity contribution >= 4 is 20.3 Å². The number of benzene rings is 2. The molecule has 0 radical (unpaired) electrons. The number of rotatable bonds is 7. The Morgan fingerprint density at radius 3 is 2.28 bits per heavy atom. The van der Waals surface area contributed by atoms with Crippen LogP contribution in [0, 0.1) is 5.92 Å². The van der Waals surface area contributed by atoms with Crippen LogP contribution in [-0.4, -0.2) is 37.9 Å². The van der Waals surface area contributed by atoms with Gasteiger partial charge < -0.3 is 9.16 Å². The quantitative estimate of drug-likeness (QED) is 0.614. The van der Waals surface area contributed by atoms with Gasteiger partial charge >= 0.3 is 6.09 Å². The van der Waals surface area contributed by atoms with Gasteiger partial charge in [-0.05, 0) is 37.2 Å². The molecule has 3 atom stereocenters. The second-order valence-corrected chi connectivity index (χ2v) is 12.9. The van der Waals surface area contributed by atoms with E-state index in [1.807, 2.05) is 67.6 Å². The molecule has 0 aliphatic carbocycles. The summed E-state index contributed by atoms with van der Waals surface area (Å²) in [6, 6.07) is 19.3. The molecule has 6 heteroatoms. The summed E-state index contributed by atoms with van der Waals surface area (Å²) in [5, 5.41) is 0. The van der Waals surface area contributed by atoms with E-state index in [1.54, 1.807) is 0 Å². The predicted molar refractivity (Wildman–Crippen MR) is 115 cm³/mol. The van der Waals surface area contributed by atoms with Crippen LogP contribution in [0.3, 0.4) is 0 Å². The van der Waals surface area contributed by atoms with E-state index in [0.717, 1.165) is 11.1 Å². The van der Waals surface area contributed by atoms with E-state index < -0.39 is 26.4 Å². The number of imide groups is 1. The third-order valence-electron chi connectivity index (χ3n) is 4.96. The van der Waals surface area contributed by atoms with Crippen molar-refractivity contribution in [2.75, 3.05) is 6.61 Å². The molecule has 29 heavy (non-hydrogen) atoms. The van der Waals surface area contributed by atoms with Gasteiger partial charge in [0, 0.05) is 0 Å². The highest BCUT2D eigenvalue weighted by molar-refractivity contribution is 6.69. The summed E-state index contributed by atoms with van der Waals surface area (Å²) < 4.78 is 11.6. The fourth-order valence-electron chi connectivity index (χ4n) is 3.60. The first kappa shape index (κ1) is 21.3. The van der Waals surface area contributed by atoms with Gasteiger partial charge in [-0.1, -0.05) is 67.6 Å². The van der Waals surface area contributed by atoms with Crippen molar-refractivity contribution in [1.29, 1.82) is 0 Å². The van der Waals surface area contributed by atoms with E-state index >= 15 is 0 Å². The summed E-state index contributed by atoms with van der Waals surface area (Å²) in [6.45, 7) is 8.36.